The molecule has 0 saturated carbocycles. The van der Waals surface area contributed by atoms with Crippen LogP contribution in [0.15, 0.2) is 0 Å². The van der Waals surface area contributed by atoms with Crippen molar-refractivity contribution in [2.24, 2.45) is 0 Å². The molecule has 0 aliphatic carbocycles. The second kappa shape index (κ2) is 36.5. The number of amides is 1. The van der Waals surface area contributed by atoms with E-state index in [1.807, 2.05) is 0 Å². The third kappa shape index (κ3) is 35.5. The number of hydrogen-bond acceptors (Lipinski definition) is 8. The van der Waals surface area contributed by atoms with Crippen molar-refractivity contribution in [3.8, 4) is 0 Å². The van der Waals surface area contributed by atoms with E-state index in [1.54, 1.807) is 0 Å². The van der Waals surface area contributed by atoms with Crippen molar-refractivity contribution in [2.45, 2.75) is 219 Å². The average Bonchev–Trinajstić information content (AvgIpc) is 3.11. The predicted molar refractivity (Wildman–Crippen MR) is 208 cm³/mol. The minimum absolute atomic E-state index is 0.152. The number of carboxylic acid groups (broad SMARTS) is 1. The Bertz CT molecular complexity index is 906. The number of carbonyl (C=O) groups excluding carboxylic acids is 2. The molecule has 0 aromatic heterocycles. The third-order valence-electron chi connectivity index (χ3n) is 9.40. The lowest BCUT2D eigenvalue weighted by molar-refractivity contribution is -0.147. The highest BCUT2D eigenvalue weighted by molar-refractivity contribution is 7.47. The molecular weight excluding hydrogens is 685 g/mol. The fourth-order valence-electron chi connectivity index (χ4n) is 6.08. The van der Waals surface area contributed by atoms with Crippen LogP contribution in [-0.4, -0.2) is 64.9 Å². The number of nitrogens with one attached hydrogen (secondary N) is 1. The maximum Gasteiger partial charge on any atom is 0.472 e. The van der Waals surface area contributed by atoms with E-state index in [9.17, 15) is 34.1 Å². The van der Waals surface area contributed by atoms with Gasteiger partial charge in [0.05, 0.1) is 13.2 Å². The van der Waals surface area contributed by atoms with E-state index in [4.69, 9.17) is 13.8 Å². The summed E-state index contributed by atoms with van der Waals surface area (Å²) >= 11 is 0. The normalized spacial score (nSPS) is 13.8. The summed E-state index contributed by atoms with van der Waals surface area (Å²) < 4.78 is 26.8. The first-order valence-electron chi connectivity index (χ1n) is 21.1. The highest BCUT2D eigenvalue weighted by atomic mass is 31.2. The zero-order valence-corrected chi connectivity index (χ0v) is 34.0. The number of carbonyl (C=O) groups is 3. The quantitative estimate of drug-likeness (QED) is 0.0268. The Morgan fingerprint density at radius 1 is 0.538 bits per heavy atom. The van der Waals surface area contributed by atoms with E-state index in [-0.39, 0.29) is 12.8 Å². The van der Waals surface area contributed by atoms with Crippen LogP contribution < -0.4 is 5.32 Å². The van der Waals surface area contributed by atoms with Gasteiger partial charge < -0.3 is 25.2 Å². The summed E-state index contributed by atoms with van der Waals surface area (Å²) in [5, 5.41) is 21.8. The number of ether oxygens (including phenoxy) is 1. The maximum absolute atomic E-state index is 12.3. The maximum atomic E-state index is 12.3. The van der Waals surface area contributed by atoms with Gasteiger partial charge in [-0.25, -0.2) is 9.36 Å². The van der Waals surface area contributed by atoms with Gasteiger partial charge in [0.2, 0.25) is 5.91 Å². The summed E-state index contributed by atoms with van der Waals surface area (Å²) in [4.78, 5) is 45.8. The number of rotatable bonds is 40. The van der Waals surface area contributed by atoms with Gasteiger partial charge in [-0.05, 0) is 12.8 Å². The molecule has 0 aliphatic rings. The molecular formula is C40H78NO10P. The molecule has 308 valence electrons. The van der Waals surface area contributed by atoms with Gasteiger partial charge in [-0.2, -0.15) is 0 Å². The number of esters is 1. The molecule has 52 heavy (non-hydrogen) atoms. The zero-order valence-electron chi connectivity index (χ0n) is 33.1. The van der Waals surface area contributed by atoms with Crippen molar-refractivity contribution in [1.82, 2.24) is 5.32 Å². The molecule has 0 saturated heterocycles. The number of phosphoric ester groups is 1. The van der Waals surface area contributed by atoms with E-state index in [0.29, 0.717) is 12.8 Å². The second-order valence-electron chi connectivity index (χ2n) is 14.5. The monoisotopic (exact) mass is 764 g/mol. The molecule has 0 heterocycles. The number of carboxylic acids is 1. The van der Waals surface area contributed by atoms with Crippen LogP contribution in [0, 0.1) is 0 Å². The molecule has 3 unspecified atom stereocenters. The third-order valence-corrected chi connectivity index (χ3v) is 10.3. The molecule has 0 radical (unpaired) electrons. The fourth-order valence-corrected chi connectivity index (χ4v) is 6.85. The molecule has 0 spiro atoms. The van der Waals surface area contributed by atoms with Crippen LogP contribution in [0.5, 0.6) is 0 Å². The average molecular weight is 764 g/mol. The van der Waals surface area contributed by atoms with E-state index < -0.39 is 57.6 Å². The number of unbranched alkanes of at least 4 members (excludes halogenated alkanes) is 26. The van der Waals surface area contributed by atoms with Crippen LogP contribution in [-0.2, 0) is 32.7 Å². The van der Waals surface area contributed by atoms with Crippen LogP contribution in [0.2, 0.25) is 0 Å². The number of aliphatic hydroxyl groups excluding tert-OH is 1. The minimum atomic E-state index is -4.74. The van der Waals surface area contributed by atoms with Crippen LogP contribution in [0.25, 0.3) is 0 Å². The Kier molecular flexibility index (Phi) is 35.4. The molecule has 0 rings (SSSR count). The molecule has 11 nitrogen and oxygen atoms in total. The van der Waals surface area contributed by atoms with Gasteiger partial charge in [-0.3, -0.25) is 18.6 Å². The summed E-state index contributed by atoms with van der Waals surface area (Å²) in [5.74, 6) is -2.36. The summed E-state index contributed by atoms with van der Waals surface area (Å²) in [6, 6.07) is -1.54. The van der Waals surface area contributed by atoms with E-state index in [2.05, 4.69) is 19.2 Å². The summed E-state index contributed by atoms with van der Waals surface area (Å²) in [6.45, 7) is 2.60. The van der Waals surface area contributed by atoms with Crippen LogP contribution in [0.1, 0.15) is 206 Å². The molecule has 3 atom stereocenters. The molecule has 4 N–H and O–H groups in total. The van der Waals surface area contributed by atoms with Gasteiger partial charge in [0, 0.05) is 12.8 Å². The lowest BCUT2D eigenvalue weighted by Gasteiger charge is -2.18. The highest BCUT2D eigenvalue weighted by Crippen LogP contribution is 2.43. The van der Waals surface area contributed by atoms with Crippen LogP contribution >= 0.6 is 7.82 Å². The molecule has 1 amide bonds. The Morgan fingerprint density at radius 2 is 0.885 bits per heavy atom. The van der Waals surface area contributed by atoms with Gasteiger partial charge in [0.25, 0.3) is 0 Å². The predicted octanol–water partition coefficient (Wildman–Crippen LogP) is 10.3. The lowest BCUT2D eigenvalue weighted by atomic mass is 10.0. The molecule has 0 aromatic carbocycles. The molecule has 0 fully saturated rings. The van der Waals surface area contributed by atoms with Crippen LogP contribution in [0.4, 0.5) is 0 Å². The highest BCUT2D eigenvalue weighted by Gasteiger charge is 2.28. The first-order chi connectivity index (χ1) is 25.1. The molecule has 12 heteroatoms. The van der Waals surface area contributed by atoms with Crippen molar-refractivity contribution >= 4 is 25.7 Å². The Hall–Kier alpha value is -1.52. The largest absolute Gasteiger partial charge is 0.480 e. The van der Waals surface area contributed by atoms with Gasteiger partial charge in [-0.15, -0.1) is 0 Å². The molecule has 0 aliphatic heterocycles. The first-order valence-corrected chi connectivity index (χ1v) is 22.6. The van der Waals surface area contributed by atoms with Gasteiger partial charge in [0.1, 0.15) is 12.7 Å². The van der Waals surface area contributed by atoms with E-state index in [1.165, 1.54) is 128 Å². The van der Waals surface area contributed by atoms with Crippen LogP contribution in [0.3, 0.4) is 0 Å². The first kappa shape index (κ1) is 50.5. The van der Waals surface area contributed by atoms with Crippen molar-refractivity contribution < 1.29 is 47.8 Å². The Labute approximate surface area is 316 Å². The second-order valence-corrected chi connectivity index (χ2v) is 16.0. The van der Waals surface area contributed by atoms with E-state index in [0.717, 1.165) is 38.5 Å². The van der Waals surface area contributed by atoms with Crippen molar-refractivity contribution in [1.29, 1.82) is 0 Å². The number of aliphatic hydroxyl groups is 1. The SMILES string of the molecule is CCCCCCCCCCCCCCCCC(=O)NC(COP(=O)(O)OCC(O)COC(=O)CCCCCCCCCCCCCCCC)C(=O)O. The van der Waals surface area contributed by atoms with Crippen molar-refractivity contribution in [3.63, 3.8) is 0 Å². The molecule has 0 aromatic rings. The summed E-state index contributed by atoms with van der Waals surface area (Å²) in [6.07, 6.45) is 32.7. The van der Waals surface area contributed by atoms with Crippen molar-refractivity contribution in [2.75, 3.05) is 19.8 Å². The van der Waals surface area contributed by atoms with Gasteiger partial charge >= 0.3 is 19.8 Å². The van der Waals surface area contributed by atoms with Crippen molar-refractivity contribution in [3.05, 3.63) is 0 Å². The zero-order chi connectivity index (χ0) is 38.5. The van der Waals surface area contributed by atoms with Gasteiger partial charge in [0.15, 0.2) is 6.04 Å². The standard InChI is InChI=1S/C40H78NO10P/c1-3-5-7-9-11-13-15-17-19-21-23-25-27-29-31-38(43)41-37(40(45)46)35-51-52(47,48)50-34-36(42)33-49-39(44)32-30-28-26-24-22-20-18-16-14-12-10-8-6-4-2/h36-37,42H,3-35H2,1-2H3,(H,41,43)(H,45,46)(H,47,48). The van der Waals surface area contributed by atoms with E-state index >= 15 is 0 Å². The van der Waals surface area contributed by atoms with Gasteiger partial charge in [-0.1, -0.05) is 181 Å². The smallest absolute Gasteiger partial charge is 0.472 e. The topological polar surface area (TPSA) is 169 Å². The fraction of sp³-hybridized carbons (Fsp3) is 0.925. The Balaban J connectivity index is 3.89. The Morgan fingerprint density at radius 3 is 1.27 bits per heavy atom. The number of hydrogen-bond donors (Lipinski definition) is 4. The lowest BCUT2D eigenvalue weighted by Crippen LogP contribution is -2.43. The summed E-state index contributed by atoms with van der Waals surface area (Å²) in [7, 11) is -4.74. The minimum Gasteiger partial charge on any atom is -0.480 e. The number of aliphatic carboxylic acids is 1. The molecule has 0 bridgehead atoms. The summed E-state index contributed by atoms with van der Waals surface area (Å²) in [5.41, 5.74) is 0. The number of phosphoric acid groups is 1.